The van der Waals surface area contributed by atoms with Crippen molar-refractivity contribution in [3.8, 4) is 5.75 Å². The molecule has 21 heavy (non-hydrogen) atoms. The number of nitrogens with two attached hydrogens (primary N) is 1. The topological polar surface area (TPSA) is 59.6 Å². The number of nitrogens with zero attached hydrogens (tertiary/aromatic N) is 1. The Morgan fingerprint density at radius 1 is 1.19 bits per heavy atom. The third-order valence-corrected chi connectivity index (χ3v) is 2.97. The highest BCUT2D eigenvalue weighted by molar-refractivity contribution is 5.93. The summed E-state index contributed by atoms with van der Waals surface area (Å²) in [6.07, 6.45) is 0.703. The fourth-order valence-corrected chi connectivity index (χ4v) is 1.88. The quantitative estimate of drug-likeness (QED) is 0.656. The van der Waals surface area contributed by atoms with E-state index in [0.29, 0.717) is 24.7 Å². The van der Waals surface area contributed by atoms with Crippen molar-refractivity contribution in [3.05, 3.63) is 59.9 Å². The fraction of sp³-hybridized carbons (Fsp3) is 0.188. The van der Waals surface area contributed by atoms with E-state index in [1.54, 1.807) is 19.2 Å². The highest BCUT2D eigenvalue weighted by atomic mass is 19.1. The number of aliphatic imine (C=N–C) groups is 1. The van der Waals surface area contributed by atoms with Crippen LogP contribution in [0.1, 0.15) is 5.56 Å². The van der Waals surface area contributed by atoms with Gasteiger partial charge in [-0.2, -0.15) is 0 Å². The Morgan fingerprint density at radius 3 is 2.62 bits per heavy atom. The van der Waals surface area contributed by atoms with Gasteiger partial charge < -0.3 is 15.8 Å². The molecule has 0 heterocycles. The van der Waals surface area contributed by atoms with Gasteiger partial charge in [0.05, 0.1) is 12.8 Å². The lowest BCUT2D eigenvalue weighted by Gasteiger charge is -2.10. The summed E-state index contributed by atoms with van der Waals surface area (Å²) >= 11 is 0. The molecule has 110 valence electrons. The zero-order chi connectivity index (χ0) is 15.1. The number of benzene rings is 2. The molecular formula is C16H18FN3O. The van der Waals surface area contributed by atoms with Gasteiger partial charge in [0.2, 0.25) is 0 Å². The second-order valence-electron chi connectivity index (χ2n) is 4.47. The van der Waals surface area contributed by atoms with E-state index in [4.69, 9.17) is 10.5 Å². The van der Waals surface area contributed by atoms with Gasteiger partial charge in [0.1, 0.15) is 11.6 Å². The molecule has 2 aromatic rings. The van der Waals surface area contributed by atoms with Crippen LogP contribution in [0.15, 0.2) is 53.5 Å². The Kier molecular flexibility index (Phi) is 5.15. The van der Waals surface area contributed by atoms with E-state index in [9.17, 15) is 4.39 Å². The summed E-state index contributed by atoms with van der Waals surface area (Å²) in [5.41, 5.74) is 7.63. The SMILES string of the molecule is COc1ccccc1NC(N)=NCCc1ccc(F)cc1. The number of guanidine groups is 1. The summed E-state index contributed by atoms with van der Waals surface area (Å²) in [6, 6.07) is 13.8. The van der Waals surface area contributed by atoms with E-state index in [1.807, 2.05) is 24.3 Å². The molecule has 0 saturated carbocycles. The molecule has 0 aromatic heterocycles. The summed E-state index contributed by atoms with van der Waals surface area (Å²) in [7, 11) is 1.60. The van der Waals surface area contributed by atoms with E-state index in [1.165, 1.54) is 12.1 Å². The molecule has 0 radical (unpaired) electrons. The van der Waals surface area contributed by atoms with Crippen molar-refractivity contribution in [3.63, 3.8) is 0 Å². The number of rotatable bonds is 5. The van der Waals surface area contributed by atoms with Crippen molar-refractivity contribution in [1.82, 2.24) is 0 Å². The van der Waals surface area contributed by atoms with Crippen LogP contribution in [-0.4, -0.2) is 19.6 Å². The van der Waals surface area contributed by atoms with Gasteiger partial charge in [-0.15, -0.1) is 0 Å². The Morgan fingerprint density at radius 2 is 1.90 bits per heavy atom. The molecule has 0 fully saturated rings. The average Bonchev–Trinajstić information content (AvgIpc) is 2.50. The minimum Gasteiger partial charge on any atom is -0.495 e. The summed E-state index contributed by atoms with van der Waals surface area (Å²) in [5.74, 6) is 0.787. The molecule has 0 amide bonds. The van der Waals surface area contributed by atoms with Crippen molar-refractivity contribution in [2.75, 3.05) is 19.0 Å². The van der Waals surface area contributed by atoms with Crippen molar-refractivity contribution in [2.45, 2.75) is 6.42 Å². The molecule has 5 heteroatoms. The molecule has 2 rings (SSSR count). The molecule has 3 N–H and O–H groups in total. The highest BCUT2D eigenvalue weighted by Gasteiger charge is 2.02. The summed E-state index contributed by atoms with van der Waals surface area (Å²) in [6.45, 7) is 0.527. The first-order valence-electron chi connectivity index (χ1n) is 6.63. The number of methoxy groups -OCH3 is 1. The Bertz CT molecular complexity index is 611. The lowest BCUT2D eigenvalue weighted by atomic mass is 10.1. The van der Waals surface area contributed by atoms with E-state index < -0.39 is 0 Å². The molecule has 0 spiro atoms. The van der Waals surface area contributed by atoms with Crippen LogP contribution in [0.3, 0.4) is 0 Å². The molecule has 4 nitrogen and oxygen atoms in total. The molecule has 2 aromatic carbocycles. The molecule has 0 aliphatic heterocycles. The van der Waals surface area contributed by atoms with Crippen molar-refractivity contribution in [1.29, 1.82) is 0 Å². The predicted molar refractivity (Wildman–Crippen MR) is 83.2 cm³/mol. The first-order chi connectivity index (χ1) is 10.2. The van der Waals surface area contributed by atoms with Crippen molar-refractivity contribution < 1.29 is 9.13 Å². The molecule has 0 unspecified atom stereocenters. The number of para-hydroxylation sites is 2. The zero-order valence-corrected chi connectivity index (χ0v) is 11.8. The third-order valence-electron chi connectivity index (χ3n) is 2.97. The van der Waals surface area contributed by atoms with Gasteiger partial charge in [-0.3, -0.25) is 4.99 Å². The van der Waals surface area contributed by atoms with Gasteiger partial charge in [-0.25, -0.2) is 4.39 Å². The Labute approximate surface area is 123 Å². The molecule has 0 bridgehead atoms. The maximum atomic E-state index is 12.8. The molecule has 0 aliphatic rings. The zero-order valence-electron chi connectivity index (χ0n) is 11.8. The standard InChI is InChI=1S/C16H18FN3O/c1-21-15-5-3-2-4-14(15)20-16(18)19-11-10-12-6-8-13(17)9-7-12/h2-9H,10-11H2,1H3,(H3,18,19,20). The largest absolute Gasteiger partial charge is 0.495 e. The maximum absolute atomic E-state index is 12.8. The minimum absolute atomic E-state index is 0.236. The summed E-state index contributed by atoms with van der Waals surface area (Å²) in [4.78, 5) is 4.25. The lowest BCUT2D eigenvalue weighted by Crippen LogP contribution is -2.23. The van der Waals surface area contributed by atoms with Crippen molar-refractivity contribution in [2.24, 2.45) is 10.7 Å². The van der Waals surface area contributed by atoms with Gasteiger partial charge in [-0.05, 0) is 36.2 Å². The van der Waals surface area contributed by atoms with E-state index in [0.717, 1.165) is 11.3 Å². The minimum atomic E-state index is -0.236. The van der Waals surface area contributed by atoms with Crippen LogP contribution >= 0.6 is 0 Å². The number of halogens is 1. The van der Waals surface area contributed by atoms with Gasteiger partial charge >= 0.3 is 0 Å². The second kappa shape index (κ2) is 7.28. The van der Waals surface area contributed by atoms with Crippen LogP contribution < -0.4 is 15.8 Å². The number of hydrogen-bond donors (Lipinski definition) is 2. The van der Waals surface area contributed by atoms with E-state index in [2.05, 4.69) is 10.3 Å². The Hall–Kier alpha value is -2.56. The monoisotopic (exact) mass is 287 g/mol. The van der Waals surface area contributed by atoms with Gasteiger partial charge in [-0.1, -0.05) is 24.3 Å². The van der Waals surface area contributed by atoms with E-state index >= 15 is 0 Å². The normalized spacial score (nSPS) is 11.2. The summed E-state index contributed by atoms with van der Waals surface area (Å²) in [5, 5.41) is 3.00. The number of nitrogens with one attached hydrogen (secondary N) is 1. The second-order valence-corrected chi connectivity index (χ2v) is 4.47. The maximum Gasteiger partial charge on any atom is 0.193 e. The number of anilines is 1. The van der Waals surface area contributed by atoms with Crippen molar-refractivity contribution >= 4 is 11.6 Å². The Balaban J connectivity index is 1.90. The lowest BCUT2D eigenvalue weighted by molar-refractivity contribution is 0.417. The van der Waals surface area contributed by atoms with Gasteiger partial charge in [0, 0.05) is 6.54 Å². The third kappa shape index (κ3) is 4.49. The van der Waals surface area contributed by atoms with Crippen LogP contribution in [0.2, 0.25) is 0 Å². The number of hydrogen-bond acceptors (Lipinski definition) is 2. The van der Waals surface area contributed by atoms with Crippen LogP contribution in [0, 0.1) is 5.82 Å². The molecule has 0 saturated heterocycles. The van der Waals surface area contributed by atoms with Crippen LogP contribution in [0.5, 0.6) is 5.75 Å². The summed E-state index contributed by atoms with van der Waals surface area (Å²) < 4.78 is 18.0. The predicted octanol–water partition coefficient (Wildman–Crippen LogP) is 2.80. The van der Waals surface area contributed by atoms with Gasteiger partial charge in [0.25, 0.3) is 0 Å². The smallest absolute Gasteiger partial charge is 0.193 e. The first kappa shape index (κ1) is 14.8. The highest BCUT2D eigenvalue weighted by Crippen LogP contribution is 2.22. The van der Waals surface area contributed by atoms with Crippen LogP contribution in [0.25, 0.3) is 0 Å². The van der Waals surface area contributed by atoms with Crippen LogP contribution in [0.4, 0.5) is 10.1 Å². The first-order valence-corrected chi connectivity index (χ1v) is 6.63. The number of ether oxygens (including phenoxy) is 1. The fourth-order valence-electron chi connectivity index (χ4n) is 1.88. The molecule has 0 aliphatic carbocycles. The van der Waals surface area contributed by atoms with E-state index in [-0.39, 0.29) is 5.82 Å². The van der Waals surface area contributed by atoms with Gasteiger partial charge in [0.15, 0.2) is 5.96 Å². The van der Waals surface area contributed by atoms with Crippen LogP contribution in [-0.2, 0) is 6.42 Å². The molecular weight excluding hydrogens is 269 g/mol. The molecule has 0 atom stereocenters. The average molecular weight is 287 g/mol.